The van der Waals surface area contributed by atoms with Crippen LogP contribution in [0.4, 0.5) is 0 Å². The predicted octanol–water partition coefficient (Wildman–Crippen LogP) is 1.23. The minimum absolute atomic E-state index is 0.0394. The number of ether oxygens (including phenoxy) is 2. The largest absolute Gasteiger partial charge is 0.480 e. The van der Waals surface area contributed by atoms with E-state index in [2.05, 4.69) is 5.32 Å². The number of aliphatic carboxylic acids is 1. The summed E-state index contributed by atoms with van der Waals surface area (Å²) in [5, 5.41) is 12.0. The van der Waals surface area contributed by atoms with Gasteiger partial charge in [0.2, 0.25) is 0 Å². The van der Waals surface area contributed by atoms with Crippen molar-refractivity contribution in [2.24, 2.45) is 0 Å². The second kappa shape index (κ2) is 8.50. The van der Waals surface area contributed by atoms with E-state index in [0.29, 0.717) is 12.8 Å². The number of hydrogen-bond acceptors (Lipinski definition) is 4. The van der Waals surface area contributed by atoms with Crippen LogP contribution in [0.2, 0.25) is 0 Å². The zero-order chi connectivity index (χ0) is 12.6. The molecule has 0 aromatic heterocycles. The third kappa shape index (κ3) is 6.05. The Balaban J connectivity index is 4.07. The van der Waals surface area contributed by atoms with Crippen LogP contribution in [0.3, 0.4) is 0 Å². The fourth-order valence-electron chi connectivity index (χ4n) is 1.56. The Morgan fingerprint density at radius 2 is 1.94 bits per heavy atom. The lowest BCUT2D eigenvalue weighted by molar-refractivity contribution is -0.140. The lowest BCUT2D eigenvalue weighted by Gasteiger charge is -2.23. The lowest BCUT2D eigenvalue weighted by atomic mass is 10.1. The maximum Gasteiger partial charge on any atom is 0.320 e. The van der Waals surface area contributed by atoms with E-state index in [0.717, 1.165) is 6.42 Å². The van der Waals surface area contributed by atoms with Crippen LogP contribution in [0, 0.1) is 0 Å². The zero-order valence-corrected chi connectivity index (χ0v) is 10.5. The minimum atomic E-state index is -0.805. The van der Waals surface area contributed by atoms with E-state index in [1.54, 1.807) is 14.2 Å². The molecule has 0 aromatic rings. The summed E-state index contributed by atoms with van der Waals surface area (Å²) in [7, 11) is 3.14. The summed E-state index contributed by atoms with van der Waals surface area (Å²) >= 11 is 0. The predicted molar refractivity (Wildman–Crippen MR) is 61.4 cm³/mol. The molecule has 0 spiro atoms. The fraction of sp³-hybridized carbons (Fsp3) is 0.909. The van der Waals surface area contributed by atoms with Gasteiger partial charge in [0.05, 0.1) is 0 Å². The Morgan fingerprint density at radius 3 is 2.31 bits per heavy atom. The quantitative estimate of drug-likeness (QED) is 0.586. The van der Waals surface area contributed by atoms with Crippen LogP contribution >= 0.6 is 0 Å². The van der Waals surface area contributed by atoms with Gasteiger partial charge < -0.3 is 19.9 Å². The molecule has 1 unspecified atom stereocenters. The summed E-state index contributed by atoms with van der Waals surface area (Å²) < 4.78 is 10.1. The highest BCUT2D eigenvalue weighted by Crippen LogP contribution is 2.05. The molecule has 0 aliphatic heterocycles. The van der Waals surface area contributed by atoms with Gasteiger partial charge in [-0.15, -0.1) is 0 Å². The number of rotatable bonds is 9. The average Bonchev–Trinajstić information content (AvgIpc) is 2.25. The van der Waals surface area contributed by atoms with Crippen LogP contribution in [0.15, 0.2) is 0 Å². The van der Waals surface area contributed by atoms with E-state index in [1.807, 2.05) is 13.8 Å². The first-order valence-corrected chi connectivity index (χ1v) is 5.59. The average molecular weight is 233 g/mol. The summed E-state index contributed by atoms with van der Waals surface area (Å²) in [4.78, 5) is 10.9. The maximum atomic E-state index is 10.9. The van der Waals surface area contributed by atoms with Gasteiger partial charge in [0.1, 0.15) is 6.04 Å². The summed E-state index contributed by atoms with van der Waals surface area (Å²) in [6, 6.07) is -0.452. The Hall–Kier alpha value is -0.650. The van der Waals surface area contributed by atoms with E-state index in [-0.39, 0.29) is 12.3 Å². The maximum absolute atomic E-state index is 10.9. The standard InChI is InChI=1S/C11H23NO4/c1-5-6-9(11(13)14)12-8(2)7-10(15-3)16-4/h8-10,12H,5-7H2,1-4H3,(H,13,14)/t8?,9-/m0/s1. The fourth-order valence-corrected chi connectivity index (χ4v) is 1.56. The summed E-state index contributed by atoms with van der Waals surface area (Å²) in [5.74, 6) is -0.805. The highest BCUT2D eigenvalue weighted by molar-refractivity contribution is 5.73. The van der Waals surface area contributed by atoms with Crippen LogP contribution < -0.4 is 5.32 Å². The topological polar surface area (TPSA) is 67.8 Å². The molecule has 0 saturated heterocycles. The van der Waals surface area contributed by atoms with E-state index in [4.69, 9.17) is 14.6 Å². The zero-order valence-electron chi connectivity index (χ0n) is 10.5. The number of carboxylic acids is 1. The van der Waals surface area contributed by atoms with Gasteiger partial charge in [0.15, 0.2) is 6.29 Å². The molecule has 0 amide bonds. The highest BCUT2D eigenvalue weighted by atomic mass is 16.7. The molecule has 0 heterocycles. The van der Waals surface area contributed by atoms with Gasteiger partial charge in [0.25, 0.3) is 0 Å². The van der Waals surface area contributed by atoms with Crippen molar-refractivity contribution in [1.29, 1.82) is 0 Å². The summed E-state index contributed by atoms with van der Waals surface area (Å²) in [6.07, 6.45) is 1.80. The van der Waals surface area contributed by atoms with Crippen molar-refractivity contribution < 1.29 is 19.4 Å². The summed E-state index contributed by atoms with van der Waals surface area (Å²) in [6.45, 7) is 3.89. The lowest BCUT2D eigenvalue weighted by Crippen LogP contribution is -2.43. The Bertz CT molecular complexity index is 194. The van der Waals surface area contributed by atoms with Gasteiger partial charge >= 0.3 is 5.97 Å². The highest BCUT2D eigenvalue weighted by Gasteiger charge is 2.20. The van der Waals surface area contributed by atoms with Gasteiger partial charge in [-0.3, -0.25) is 4.79 Å². The normalized spacial score (nSPS) is 15.1. The molecule has 96 valence electrons. The molecule has 0 aliphatic rings. The van der Waals surface area contributed by atoms with Gasteiger partial charge in [-0.2, -0.15) is 0 Å². The van der Waals surface area contributed by atoms with Crippen LogP contribution in [-0.2, 0) is 14.3 Å². The molecule has 0 rings (SSSR count). The van der Waals surface area contributed by atoms with Crippen molar-refractivity contribution in [3.05, 3.63) is 0 Å². The third-order valence-electron chi connectivity index (χ3n) is 2.43. The first-order valence-electron chi connectivity index (χ1n) is 5.59. The van der Waals surface area contributed by atoms with Gasteiger partial charge in [-0.25, -0.2) is 0 Å². The Morgan fingerprint density at radius 1 is 1.38 bits per heavy atom. The molecule has 2 N–H and O–H groups in total. The molecule has 5 nitrogen and oxygen atoms in total. The molecule has 0 bridgehead atoms. The van der Waals surface area contributed by atoms with Crippen LogP contribution in [0.25, 0.3) is 0 Å². The van der Waals surface area contributed by atoms with Crippen LogP contribution in [0.1, 0.15) is 33.1 Å². The van der Waals surface area contributed by atoms with E-state index >= 15 is 0 Å². The van der Waals surface area contributed by atoms with Crippen LogP contribution in [0.5, 0.6) is 0 Å². The van der Waals surface area contributed by atoms with Crippen molar-refractivity contribution in [2.45, 2.75) is 51.5 Å². The Kier molecular flexibility index (Phi) is 8.15. The number of carbonyl (C=O) groups is 1. The molecule has 16 heavy (non-hydrogen) atoms. The second-order valence-corrected chi connectivity index (χ2v) is 3.88. The van der Waals surface area contributed by atoms with E-state index < -0.39 is 12.0 Å². The molecule has 0 fully saturated rings. The van der Waals surface area contributed by atoms with Crippen LogP contribution in [-0.4, -0.2) is 43.7 Å². The Labute approximate surface area is 97.1 Å². The number of hydrogen-bond donors (Lipinski definition) is 2. The molecule has 0 aromatic carbocycles. The first-order chi connectivity index (χ1) is 7.54. The smallest absolute Gasteiger partial charge is 0.320 e. The molecular formula is C11H23NO4. The molecule has 0 saturated carbocycles. The number of carboxylic acid groups (broad SMARTS) is 1. The molecule has 0 radical (unpaired) electrons. The van der Waals surface area contributed by atoms with Crippen molar-refractivity contribution in [3.63, 3.8) is 0 Å². The van der Waals surface area contributed by atoms with Crippen molar-refractivity contribution in [3.8, 4) is 0 Å². The molecular weight excluding hydrogens is 210 g/mol. The summed E-state index contributed by atoms with van der Waals surface area (Å²) in [5.41, 5.74) is 0. The van der Waals surface area contributed by atoms with Gasteiger partial charge in [0, 0.05) is 26.7 Å². The van der Waals surface area contributed by atoms with Crippen molar-refractivity contribution in [1.82, 2.24) is 5.32 Å². The van der Waals surface area contributed by atoms with Gasteiger partial charge in [-0.1, -0.05) is 13.3 Å². The van der Waals surface area contributed by atoms with Crippen molar-refractivity contribution >= 4 is 5.97 Å². The second-order valence-electron chi connectivity index (χ2n) is 3.88. The third-order valence-corrected chi connectivity index (χ3v) is 2.43. The number of nitrogens with one attached hydrogen (secondary N) is 1. The minimum Gasteiger partial charge on any atom is -0.480 e. The molecule has 2 atom stereocenters. The van der Waals surface area contributed by atoms with E-state index in [1.165, 1.54) is 0 Å². The van der Waals surface area contributed by atoms with E-state index in [9.17, 15) is 4.79 Å². The molecule has 0 aliphatic carbocycles. The van der Waals surface area contributed by atoms with Crippen molar-refractivity contribution in [2.75, 3.05) is 14.2 Å². The SMILES string of the molecule is CCC[C@H](NC(C)CC(OC)OC)C(=O)O. The molecule has 5 heteroatoms. The van der Waals surface area contributed by atoms with Gasteiger partial charge in [-0.05, 0) is 13.3 Å². The monoisotopic (exact) mass is 233 g/mol. The number of methoxy groups -OCH3 is 2. The first kappa shape index (κ1) is 15.3.